The first kappa shape index (κ1) is 31.9. The van der Waals surface area contributed by atoms with Gasteiger partial charge in [-0.05, 0) is 80.0 Å². The van der Waals surface area contributed by atoms with Crippen molar-refractivity contribution in [2.24, 2.45) is 0 Å². The summed E-state index contributed by atoms with van der Waals surface area (Å²) in [5.74, 6) is -0.0534. The Kier molecular flexibility index (Phi) is 8.83. The number of thiocarbonyl (C=S) groups is 1. The molecule has 2 saturated heterocycles. The molecule has 2 amide bonds. The van der Waals surface area contributed by atoms with Crippen molar-refractivity contribution in [3.8, 4) is 11.4 Å². The molecule has 2 aliphatic heterocycles. The van der Waals surface area contributed by atoms with Gasteiger partial charge in [-0.3, -0.25) is 9.69 Å². The van der Waals surface area contributed by atoms with Gasteiger partial charge in [-0.2, -0.15) is 0 Å². The highest BCUT2D eigenvalue weighted by molar-refractivity contribution is 7.80. The summed E-state index contributed by atoms with van der Waals surface area (Å²) in [4.78, 5) is 37.5. The molecule has 9 nitrogen and oxygen atoms in total. The number of piperazine rings is 1. The molecule has 4 aromatic rings. The van der Waals surface area contributed by atoms with Crippen LogP contribution in [0.15, 0.2) is 90.9 Å². The second kappa shape index (κ2) is 13.0. The molecule has 0 saturated carbocycles. The first-order valence-corrected chi connectivity index (χ1v) is 15.8. The molecule has 1 aromatic heterocycles. The zero-order valence-electron chi connectivity index (χ0n) is 26.7. The van der Waals surface area contributed by atoms with Crippen molar-refractivity contribution >= 4 is 35.4 Å². The topological polar surface area (TPSA) is 80.1 Å². The number of carbonyl (C=O) groups is 2. The third kappa shape index (κ3) is 6.23. The number of ether oxygens (including phenoxy) is 2. The lowest BCUT2D eigenvalue weighted by atomic mass is 9.82. The van der Waals surface area contributed by atoms with Gasteiger partial charge in [0, 0.05) is 24.9 Å². The number of methoxy groups -OCH3 is 1. The van der Waals surface area contributed by atoms with E-state index in [4.69, 9.17) is 21.7 Å². The van der Waals surface area contributed by atoms with Gasteiger partial charge in [0.1, 0.15) is 18.2 Å². The molecule has 2 unspecified atom stereocenters. The highest BCUT2D eigenvalue weighted by atomic mass is 32.1. The summed E-state index contributed by atoms with van der Waals surface area (Å²) in [6, 6.07) is 20.8. The average molecular weight is 654 g/mol. The number of hydrogen-bond donors (Lipinski definition) is 0. The number of carbonyl (C=O) groups excluding carboxylic acids is 2. The molecule has 2 atom stereocenters. The third-order valence-electron chi connectivity index (χ3n) is 8.86. The summed E-state index contributed by atoms with van der Waals surface area (Å²) < 4.78 is 27.1. The molecule has 0 radical (unpaired) electrons. The molecule has 0 bridgehead atoms. The molecule has 2 fully saturated rings. The predicted octanol–water partition coefficient (Wildman–Crippen LogP) is 6.31. The molecular weight excluding hydrogens is 617 g/mol. The Bertz CT molecular complexity index is 1840. The normalized spacial score (nSPS) is 19.5. The molecule has 0 aliphatic carbocycles. The zero-order chi connectivity index (χ0) is 33.3. The highest BCUT2D eigenvalue weighted by Crippen LogP contribution is 2.40. The maximum atomic E-state index is 14.6. The summed E-state index contributed by atoms with van der Waals surface area (Å²) in [6.45, 7) is 6.78. The Morgan fingerprint density at radius 3 is 2.53 bits per heavy atom. The van der Waals surface area contributed by atoms with Crippen molar-refractivity contribution in [3.63, 3.8) is 0 Å². The SMILES string of the molecule is COc1cc(/C=C2/C(=O)N(C(C)c3ccc(F)cc3)C(=S)N3CCN(C(=O)OCc4ccccc4)CC23C)ccc1-n1cnc(C)c1. The maximum Gasteiger partial charge on any atom is 0.410 e. The zero-order valence-corrected chi connectivity index (χ0v) is 27.5. The van der Waals surface area contributed by atoms with Gasteiger partial charge in [0.2, 0.25) is 0 Å². The van der Waals surface area contributed by atoms with Crippen LogP contribution in [0.4, 0.5) is 9.18 Å². The van der Waals surface area contributed by atoms with E-state index in [1.807, 2.05) is 91.0 Å². The molecule has 11 heteroatoms. The fraction of sp³-hybridized carbons (Fsp3) is 0.278. The monoisotopic (exact) mass is 653 g/mol. The second-order valence-electron chi connectivity index (χ2n) is 12.0. The molecule has 47 heavy (non-hydrogen) atoms. The van der Waals surface area contributed by atoms with Gasteiger partial charge in [0.05, 0.1) is 42.9 Å². The van der Waals surface area contributed by atoms with Crippen LogP contribution in [0.2, 0.25) is 0 Å². The van der Waals surface area contributed by atoms with Crippen LogP contribution in [0.1, 0.15) is 42.3 Å². The molecule has 3 aromatic carbocycles. The minimum absolute atomic E-state index is 0.141. The number of nitrogens with zero attached hydrogens (tertiary/aromatic N) is 5. The fourth-order valence-corrected chi connectivity index (χ4v) is 6.78. The summed E-state index contributed by atoms with van der Waals surface area (Å²) in [5, 5.41) is 0.354. The van der Waals surface area contributed by atoms with Crippen molar-refractivity contribution in [2.45, 2.75) is 39.0 Å². The van der Waals surface area contributed by atoms with Gasteiger partial charge in [0.15, 0.2) is 5.11 Å². The van der Waals surface area contributed by atoms with Gasteiger partial charge >= 0.3 is 6.09 Å². The Hall–Kier alpha value is -5.03. The smallest absolute Gasteiger partial charge is 0.410 e. The number of amides is 2. The van der Waals surface area contributed by atoms with Crippen molar-refractivity contribution in [1.82, 2.24) is 24.3 Å². The number of rotatable bonds is 7. The lowest BCUT2D eigenvalue weighted by molar-refractivity contribution is -0.129. The number of imidazole rings is 1. The van der Waals surface area contributed by atoms with Crippen molar-refractivity contribution in [3.05, 3.63) is 119 Å². The van der Waals surface area contributed by atoms with E-state index < -0.39 is 17.7 Å². The van der Waals surface area contributed by atoms with Gasteiger partial charge in [-0.15, -0.1) is 0 Å². The molecule has 6 rings (SSSR count). The standard InChI is InChI=1S/C36H36FN5O4S/c1-24-20-40(23-38-24)31-15-10-27(19-32(31)45-4)18-30-33(43)42(25(2)28-11-13-29(37)14-12-28)34(47)41-17-16-39(22-36(30,41)3)35(44)46-21-26-8-6-5-7-9-26/h5-15,18-20,23,25H,16-17,21-22H2,1-4H3/b30-18-. The quantitative estimate of drug-likeness (QED) is 0.171. The van der Waals surface area contributed by atoms with Gasteiger partial charge in [0.25, 0.3) is 5.91 Å². The van der Waals surface area contributed by atoms with E-state index in [2.05, 4.69) is 4.98 Å². The first-order chi connectivity index (χ1) is 22.6. The van der Waals surface area contributed by atoms with Crippen LogP contribution >= 0.6 is 12.2 Å². The van der Waals surface area contributed by atoms with Crippen LogP contribution in [0.5, 0.6) is 5.75 Å². The van der Waals surface area contributed by atoms with Crippen LogP contribution in [-0.2, 0) is 16.1 Å². The summed E-state index contributed by atoms with van der Waals surface area (Å²) >= 11 is 5.99. The number of fused-ring (bicyclic) bond motifs is 1. The number of benzene rings is 3. The number of hydrogen-bond acceptors (Lipinski definition) is 6. The number of halogens is 1. The molecule has 0 spiro atoms. The Balaban J connectivity index is 1.37. The van der Waals surface area contributed by atoms with Gasteiger partial charge in [-0.25, -0.2) is 14.2 Å². The van der Waals surface area contributed by atoms with E-state index in [1.165, 1.54) is 12.1 Å². The van der Waals surface area contributed by atoms with Crippen LogP contribution in [0, 0.1) is 12.7 Å². The molecule has 242 valence electrons. The Morgan fingerprint density at radius 1 is 1.11 bits per heavy atom. The predicted molar refractivity (Wildman–Crippen MR) is 180 cm³/mol. The van der Waals surface area contributed by atoms with Crippen molar-refractivity contribution < 1.29 is 23.5 Å². The van der Waals surface area contributed by atoms with E-state index in [9.17, 15) is 14.0 Å². The van der Waals surface area contributed by atoms with E-state index in [0.717, 1.165) is 28.1 Å². The fourth-order valence-electron chi connectivity index (χ4n) is 6.25. The highest BCUT2D eigenvalue weighted by Gasteiger charge is 2.53. The van der Waals surface area contributed by atoms with Crippen LogP contribution in [-0.4, -0.2) is 73.6 Å². The molecule has 2 aliphatic rings. The van der Waals surface area contributed by atoms with E-state index in [-0.39, 0.29) is 24.9 Å². The molecule has 0 N–H and O–H groups in total. The first-order valence-electron chi connectivity index (χ1n) is 15.4. The molecule has 3 heterocycles. The lowest BCUT2D eigenvalue weighted by Gasteiger charge is -2.56. The maximum absolute atomic E-state index is 14.6. The average Bonchev–Trinajstić information content (AvgIpc) is 3.51. The minimum atomic E-state index is -0.968. The van der Waals surface area contributed by atoms with Crippen LogP contribution < -0.4 is 4.74 Å². The lowest BCUT2D eigenvalue weighted by Crippen LogP contribution is -2.71. The minimum Gasteiger partial charge on any atom is -0.495 e. The van der Waals surface area contributed by atoms with Gasteiger partial charge < -0.3 is 23.8 Å². The Labute approximate surface area is 278 Å². The molecular formula is C36H36FN5O4S. The number of aryl methyl sites for hydroxylation is 1. The summed E-state index contributed by atoms with van der Waals surface area (Å²) in [6.07, 6.45) is 5.00. The van der Waals surface area contributed by atoms with Crippen molar-refractivity contribution in [1.29, 1.82) is 0 Å². The van der Waals surface area contributed by atoms with E-state index >= 15 is 0 Å². The third-order valence-corrected chi connectivity index (χ3v) is 9.28. The Morgan fingerprint density at radius 2 is 1.85 bits per heavy atom. The van der Waals surface area contributed by atoms with Crippen molar-refractivity contribution in [2.75, 3.05) is 26.7 Å². The largest absolute Gasteiger partial charge is 0.495 e. The van der Waals surface area contributed by atoms with E-state index in [0.29, 0.717) is 29.5 Å². The van der Waals surface area contributed by atoms with Crippen LogP contribution in [0.25, 0.3) is 11.8 Å². The second-order valence-corrected chi connectivity index (χ2v) is 12.3. The van der Waals surface area contributed by atoms with Crippen LogP contribution in [0.3, 0.4) is 0 Å². The number of aromatic nitrogens is 2. The van der Waals surface area contributed by atoms with E-state index in [1.54, 1.807) is 35.4 Å². The summed E-state index contributed by atoms with van der Waals surface area (Å²) in [5.41, 5.74) is 3.52. The summed E-state index contributed by atoms with van der Waals surface area (Å²) in [7, 11) is 1.60. The van der Waals surface area contributed by atoms with Gasteiger partial charge in [-0.1, -0.05) is 48.5 Å².